The van der Waals surface area contributed by atoms with Gasteiger partial charge in [-0.3, -0.25) is 4.90 Å². The minimum Gasteiger partial charge on any atom is -0.328 e. The molecule has 2 N–H and O–H groups in total. The fourth-order valence-corrected chi connectivity index (χ4v) is 1.89. The van der Waals surface area contributed by atoms with Crippen LogP contribution in [0.1, 0.15) is 12.8 Å². The summed E-state index contributed by atoms with van der Waals surface area (Å²) in [6, 6.07) is 0.470. The fraction of sp³-hybridized carbons (Fsp3) is 1.00. The number of thioether (sulfide) groups is 1. The van der Waals surface area contributed by atoms with Gasteiger partial charge in [0, 0.05) is 25.0 Å². The Labute approximate surface area is 67.1 Å². The lowest BCUT2D eigenvalue weighted by atomic mass is 10.1. The summed E-state index contributed by atoms with van der Waals surface area (Å²) in [4.78, 5) is 2.47. The molecule has 0 spiro atoms. The van der Waals surface area contributed by atoms with Crippen LogP contribution in [0, 0.1) is 0 Å². The Morgan fingerprint density at radius 3 is 2.60 bits per heavy atom. The van der Waals surface area contributed by atoms with Crippen molar-refractivity contribution in [2.75, 3.05) is 25.2 Å². The van der Waals surface area contributed by atoms with Gasteiger partial charge in [-0.25, -0.2) is 0 Å². The summed E-state index contributed by atoms with van der Waals surface area (Å²) in [5.41, 5.74) is 5.76. The third kappa shape index (κ3) is 2.48. The predicted octanol–water partition coefficient (Wildman–Crippen LogP) is 0.730. The second-order valence-corrected chi connectivity index (χ2v) is 3.71. The molecule has 1 fully saturated rings. The maximum Gasteiger partial charge on any atom is 0.0441 e. The third-order valence-corrected chi connectivity index (χ3v) is 2.57. The molecule has 10 heavy (non-hydrogen) atoms. The first-order valence-corrected chi connectivity index (χ1v) is 5.19. The molecule has 0 amide bonds. The Hall–Kier alpha value is 0.270. The van der Waals surface area contributed by atoms with Crippen molar-refractivity contribution in [3.05, 3.63) is 0 Å². The first-order chi connectivity index (χ1) is 4.83. The number of nitrogens with two attached hydrogens (primary N) is 1. The van der Waals surface area contributed by atoms with E-state index in [2.05, 4.69) is 11.2 Å². The molecule has 0 atom stereocenters. The monoisotopic (exact) mass is 160 g/mol. The van der Waals surface area contributed by atoms with Crippen molar-refractivity contribution in [1.82, 2.24) is 4.90 Å². The van der Waals surface area contributed by atoms with Gasteiger partial charge in [0.15, 0.2) is 0 Å². The highest BCUT2D eigenvalue weighted by Crippen LogP contribution is 2.10. The van der Waals surface area contributed by atoms with Gasteiger partial charge < -0.3 is 5.73 Å². The normalized spacial score (nSPS) is 23.4. The average Bonchev–Trinajstić information content (AvgIpc) is 1.95. The molecule has 1 saturated heterocycles. The number of piperidine rings is 1. The summed E-state index contributed by atoms with van der Waals surface area (Å²) in [6.07, 6.45) is 4.51. The highest BCUT2D eigenvalue weighted by Gasteiger charge is 2.14. The molecule has 2 nitrogen and oxygen atoms in total. The van der Waals surface area contributed by atoms with Gasteiger partial charge in [0.25, 0.3) is 0 Å². The number of likely N-dealkylation sites (tertiary alicyclic amines) is 1. The summed E-state index contributed by atoms with van der Waals surface area (Å²) in [7, 11) is 0. The average molecular weight is 160 g/mol. The predicted molar refractivity (Wildman–Crippen MR) is 47.2 cm³/mol. The molecule has 0 aromatic rings. The maximum atomic E-state index is 5.76. The quantitative estimate of drug-likeness (QED) is 0.646. The van der Waals surface area contributed by atoms with E-state index in [-0.39, 0.29) is 0 Å². The van der Waals surface area contributed by atoms with Gasteiger partial charge in [0.2, 0.25) is 0 Å². The number of rotatable bonds is 2. The van der Waals surface area contributed by atoms with E-state index < -0.39 is 0 Å². The van der Waals surface area contributed by atoms with Crippen molar-refractivity contribution in [3.63, 3.8) is 0 Å². The van der Waals surface area contributed by atoms with E-state index in [4.69, 9.17) is 5.73 Å². The van der Waals surface area contributed by atoms with Gasteiger partial charge in [-0.1, -0.05) is 0 Å². The van der Waals surface area contributed by atoms with Crippen LogP contribution in [0.4, 0.5) is 0 Å². The van der Waals surface area contributed by atoms with E-state index in [9.17, 15) is 0 Å². The van der Waals surface area contributed by atoms with Crippen LogP contribution in [-0.2, 0) is 0 Å². The van der Waals surface area contributed by atoms with Crippen LogP contribution in [0.25, 0.3) is 0 Å². The van der Waals surface area contributed by atoms with E-state index in [0.717, 1.165) is 0 Å². The molecule has 0 aliphatic carbocycles. The second-order valence-electron chi connectivity index (χ2n) is 2.87. The summed E-state index contributed by atoms with van der Waals surface area (Å²) in [5, 5.41) is 0. The van der Waals surface area contributed by atoms with Gasteiger partial charge in [0.05, 0.1) is 0 Å². The van der Waals surface area contributed by atoms with Crippen molar-refractivity contribution in [3.8, 4) is 0 Å². The standard InChI is InChI=1S/C7H16N2S/c1-10-6-9-4-2-7(8)3-5-9/h7H,2-6,8H2,1H3. The van der Waals surface area contributed by atoms with Gasteiger partial charge in [-0.15, -0.1) is 11.8 Å². The van der Waals surface area contributed by atoms with Crippen LogP contribution in [0.2, 0.25) is 0 Å². The first-order valence-electron chi connectivity index (χ1n) is 3.80. The molecule has 0 unspecified atom stereocenters. The first kappa shape index (κ1) is 8.37. The summed E-state index contributed by atoms with van der Waals surface area (Å²) < 4.78 is 0. The Morgan fingerprint density at radius 1 is 1.50 bits per heavy atom. The lowest BCUT2D eigenvalue weighted by Crippen LogP contribution is -2.39. The van der Waals surface area contributed by atoms with E-state index in [1.54, 1.807) is 0 Å². The second kappa shape index (κ2) is 4.21. The minimum absolute atomic E-state index is 0.470. The number of hydrogen-bond donors (Lipinski definition) is 1. The molecule has 0 radical (unpaired) electrons. The van der Waals surface area contributed by atoms with Crippen LogP contribution in [0.5, 0.6) is 0 Å². The summed E-state index contributed by atoms with van der Waals surface area (Å²) >= 11 is 1.89. The smallest absolute Gasteiger partial charge is 0.0441 e. The van der Waals surface area contributed by atoms with E-state index in [0.29, 0.717) is 6.04 Å². The zero-order valence-corrected chi connectivity index (χ0v) is 7.36. The molecule has 3 heteroatoms. The van der Waals surface area contributed by atoms with Crippen LogP contribution in [0.15, 0.2) is 0 Å². The van der Waals surface area contributed by atoms with Gasteiger partial charge in [-0.2, -0.15) is 0 Å². The fourth-order valence-electron chi connectivity index (χ4n) is 1.26. The van der Waals surface area contributed by atoms with Gasteiger partial charge >= 0.3 is 0 Å². The molecule has 0 saturated carbocycles. The van der Waals surface area contributed by atoms with E-state index >= 15 is 0 Å². The molecular weight excluding hydrogens is 144 g/mol. The molecule has 0 aromatic heterocycles. The van der Waals surface area contributed by atoms with Gasteiger partial charge in [0.1, 0.15) is 0 Å². The Bertz CT molecular complexity index is 89.6. The van der Waals surface area contributed by atoms with Crippen LogP contribution < -0.4 is 5.73 Å². The van der Waals surface area contributed by atoms with Gasteiger partial charge in [-0.05, 0) is 19.1 Å². The lowest BCUT2D eigenvalue weighted by molar-refractivity contribution is 0.247. The minimum atomic E-state index is 0.470. The molecule has 1 aliphatic rings. The highest BCUT2D eigenvalue weighted by atomic mass is 32.2. The largest absolute Gasteiger partial charge is 0.328 e. The Balaban J connectivity index is 2.13. The van der Waals surface area contributed by atoms with Crippen molar-refractivity contribution in [1.29, 1.82) is 0 Å². The number of hydrogen-bond acceptors (Lipinski definition) is 3. The lowest BCUT2D eigenvalue weighted by Gasteiger charge is -2.29. The molecule has 60 valence electrons. The molecule has 1 aliphatic heterocycles. The SMILES string of the molecule is CSCN1CCC(N)CC1. The zero-order chi connectivity index (χ0) is 7.40. The van der Waals surface area contributed by atoms with E-state index in [1.165, 1.54) is 31.8 Å². The molecule has 1 heterocycles. The van der Waals surface area contributed by atoms with E-state index in [1.807, 2.05) is 11.8 Å². The van der Waals surface area contributed by atoms with Crippen molar-refractivity contribution >= 4 is 11.8 Å². The summed E-state index contributed by atoms with van der Waals surface area (Å²) in [6.45, 7) is 2.39. The van der Waals surface area contributed by atoms with Crippen molar-refractivity contribution in [2.45, 2.75) is 18.9 Å². The van der Waals surface area contributed by atoms with Crippen LogP contribution in [-0.4, -0.2) is 36.2 Å². The van der Waals surface area contributed by atoms with Crippen molar-refractivity contribution < 1.29 is 0 Å². The number of nitrogens with zero attached hydrogens (tertiary/aromatic N) is 1. The maximum absolute atomic E-state index is 5.76. The van der Waals surface area contributed by atoms with Crippen LogP contribution >= 0.6 is 11.8 Å². The molecule has 0 aromatic carbocycles. The molecular formula is C7H16N2S. The highest BCUT2D eigenvalue weighted by molar-refractivity contribution is 7.98. The van der Waals surface area contributed by atoms with Crippen molar-refractivity contribution in [2.24, 2.45) is 5.73 Å². The van der Waals surface area contributed by atoms with Crippen LogP contribution in [0.3, 0.4) is 0 Å². The Morgan fingerprint density at radius 2 is 2.10 bits per heavy atom. The third-order valence-electron chi connectivity index (χ3n) is 1.94. The summed E-state index contributed by atoms with van der Waals surface area (Å²) in [5.74, 6) is 1.17. The molecule has 0 bridgehead atoms. The topological polar surface area (TPSA) is 29.3 Å². The molecule has 1 rings (SSSR count). The zero-order valence-electron chi connectivity index (χ0n) is 6.55. The Kier molecular flexibility index (Phi) is 3.52.